The first kappa shape index (κ1) is 17.5. The minimum Gasteiger partial charge on any atom is -0.351 e. The molecule has 1 saturated carbocycles. The summed E-state index contributed by atoms with van der Waals surface area (Å²) in [5.74, 6) is -0.512. The molecule has 2 aromatic carbocycles. The Hall–Kier alpha value is -2.33. The fourth-order valence-corrected chi connectivity index (χ4v) is 3.31. The summed E-state index contributed by atoms with van der Waals surface area (Å²) in [5.41, 5.74) is 2.53. The van der Waals surface area contributed by atoms with Gasteiger partial charge in [-0.05, 0) is 49.4 Å². The molecule has 3 rings (SSSR count). The van der Waals surface area contributed by atoms with E-state index in [0.29, 0.717) is 30.1 Å². The standard InChI is InChI=1S/C20H21ClN2O2/c1-13-10-14(2)17(16(21)11-13)23-19(25)20(8-9-20)18(24)22-12-15-6-4-3-5-7-15/h3-7,10-11H,8-9,12H2,1-2H3,(H,22,24)(H,23,25). The number of anilines is 1. The Labute approximate surface area is 152 Å². The summed E-state index contributed by atoms with van der Waals surface area (Å²) in [6.45, 7) is 4.26. The monoisotopic (exact) mass is 356 g/mol. The minimum atomic E-state index is -0.977. The molecule has 0 spiro atoms. The van der Waals surface area contributed by atoms with Crippen LogP contribution in [0.3, 0.4) is 0 Å². The first-order valence-electron chi connectivity index (χ1n) is 8.33. The van der Waals surface area contributed by atoms with Gasteiger partial charge >= 0.3 is 0 Å². The van der Waals surface area contributed by atoms with Crippen LogP contribution in [-0.4, -0.2) is 11.8 Å². The molecule has 1 aliphatic carbocycles. The van der Waals surface area contributed by atoms with Gasteiger partial charge in [0.2, 0.25) is 11.8 Å². The van der Waals surface area contributed by atoms with E-state index in [9.17, 15) is 9.59 Å². The molecular weight excluding hydrogens is 336 g/mol. The summed E-state index contributed by atoms with van der Waals surface area (Å²) in [6.07, 6.45) is 1.12. The number of halogens is 1. The van der Waals surface area contributed by atoms with Crippen LogP contribution in [0.1, 0.15) is 29.5 Å². The molecule has 0 radical (unpaired) electrons. The second kappa shape index (κ2) is 6.89. The first-order chi connectivity index (χ1) is 11.9. The lowest BCUT2D eigenvalue weighted by molar-refractivity contribution is -0.134. The van der Waals surface area contributed by atoms with Crippen LogP contribution < -0.4 is 10.6 Å². The predicted octanol–water partition coefficient (Wildman–Crippen LogP) is 3.99. The van der Waals surface area contributed by atoms with Gasteiger partial charge in [-0.2, -0.15) is 0 Å². The van der Waals surface area contributed by atoms with Gasteiger partial charge in [0, 0.05) is 6.54 Å². The summed E-state index contributed by atoms with van der Waals surface area (Å²) in [5, 5.41) is 6.22. The number of rotatable bonds is 5. The Balaban J connectivity index is 1.68. The molecule has 1 aliphatic rings. The van der Waals surface area contributed by atoms with Crippen molar-refractivity contribution in [2.45, 2.75) is 33.2 Å². The van der Waals surface area contributed by atoms with E-state index in [1.165, 1.54) is 0 Å². The maximum absolute atomic E-state index is 12.7. The second-order valence-electron chi connectivity index (χ2n) is 6.64. The molecule has 1 fully saturated rings. The van der Waals surface area contributed by atoms with E-state index in [0.717, 1.165) is 16.7 Å². The summed E-state index contributed by atoms with van der Waals surface area (Å²) < 4.78 is 0. The normalized spacial score (nSPS) is 14.7. The molecule has 130 valence electrons. The van der Waals surface area contributed by atoms with Crippen LogP contribution in [0.4, 0.5) is 5.69 Å². The van der Waals surface area contributed by atoms with E-state index in [1.54, 1.807) is 6.07 Å². The van der Waals surface area contributed by atoms with Crippen LogP contribution in [0.15, 0.2) is 42.5 Å². The van der Waals surface area contributed by atoms with Crippen molar-refractivity contribution in [2.75, 3.05) is 5.32 Å². The zero-order valence-corrected chi connectivity index (χ0v) is 15.1. The summed E-state index contributed by atoms with van der Waals surface area (Å²) in [7, 11) is 0. The molecule has 5 heteroatoms. The van der Waals surface area contributed by atoms with Crippen molar-refractivity contribution in [3.8, 4) is 0 Å². The number of hydrogen-bond acceptors (Lipinski definition) is 2. The van der Waals surface area contributed by atoms with Crippen molar-refractivity contribution in [3.63, 3.8) is 0 Å². The molecule has 0 atom stereocenters. The molecule has 0 saturated heterocycles. The van der Waals surface area contributed by atoms with Gasteiger partial charge < -0.3 is 10.6 Å². The molecule has 2 aromatic rings. The minimum absolute atomic E-state index is 0.227. The van der Waals surface area contributed by atoms with E-state index >= 15 is 0 Å². The third-order valence-corrected chi connectivity index (χ3v) is 4.88. The fourth-order valence-electron chi connectivity index (χ4n) is 2.94. The Kier molecular flexibility index (Phi) is 4.82. The van der Waals surface area contributed by atoms with Gasteiger partial charge in [-0.15, -0.1) is 0 Å². The lowest BCUT2D eigenvalue weighted by Crippen LogP contribution is -2.39. The average molecular weight is 357 g/mol. The molecule has 0 bridgehead atoms. The van der Waals surface area contributed by atoms with E-state index in [2.05, 4.69) is 10.6 Å². The van der Waals surface area contributed by atoms with Gasteiger partial charge in [0.05, 0.1) is 10.7 Å². The Bertz CT molecular complexity index is 791. The third-order valence-electron chi connectivity index (χ3n) is 4.59. The quantitative estimate of drug-likeness (QED) is 0.796. The van der Waals surface area contributed by atoms with E-state index in [4.69, 9.17) is 11.6 Å². The van der Waals surface area contributed by atoms with Crippen LogP contribution in [-0.2, 0) is 16.1 Å². The second-order valence-corrected chi connectivity index (χ2v) is 7.05. The van der Waals surface area contributed by atoms with Crippen molar-refractivity contribution >= 4 is 29.1 Å². The van der Waals surface area contributed by atoms with Gasteiger partial charge in [-0.25, -0.2) is 0 Å². The van der Waals surface area contributed by atoms with Crippen LogP contribution in [0, 0.1) is 19.3 Å². The molecular formula is C20H21ClN2O2. The molecule has 0 heterocycles. The van der Waals surface area contributed by atoms with Crippen molar-refractivity contribution < 1.29 is 9.59 Å². The van der Waals surface area contributed by atoms with Gasteiger partial charge in [0.25, 0.3) is 0 Å². The van der Waals surface area contributed by atoms with Crippen LogP contribution in [0.5, 0.6) is 0 Å². The highest BCUT2D eigenvalue weighted by atomic mass is 35.5. The van der Waals surface area contributed by atoms with Crippen LogP contribution >= 0.6 is 11.6 Å². The highest BCUT2D eigenvalue weighted by Gasteiger charge is 2.56. The van der Waals surface area contributed by atoms with Gasteiger partial charge in [-0.1, -0.05) is 48.0 Å². The maximum atomic E-state index is 12.7. The average Bonchev–Trinajstić information content (AvgIpc) is 3.38. The number of aryl methyl sites for hydroxylation is 2. The SMILES string of the molecule is Cc1cc(C)c(NC(=O)C2(C(=O)NCc3ccccc3)CC2)c(Cl)c1. The summed E-state index contributed by atoms with van der Waals surface area (Å²) in [4.78, 5) is 25.3. The lowest BCUT2D eigenvalue weighted by Gasteiger charge is -2.17. The number of carbonyl (C=O) groups excluding carboxylic acids is 2. The van der Waals surface area contributed by atoms with Crippen molar-refractivity contribution in [1.29, 1.82) is 0 Å². The number of nitrogens with one attached hydrogen (secondary N) is 2. The van der Waals surface area contributed by atoms with Gasteiger partial charge in [-0.3, -0.25) is 9.59 Å². The molecule has 0 unspecified atom stereocenters. The Morgan fingerprint density at radius 3 is 2.36 bits per heavy atom. The molecule has 25 heavy (non-hydrogen) atoms. The summed E-state index contributed by atoms with van der Waals surface area (Å²) >= 11 is 6.25. The van der Waals surface area contributed by atoms with E-state index < -0.39 is 5.41 Å². The molecule has 0 aliphatic heterocycles. The smallest absolute Gasteiger partial charge is 0.240 e. The number of benzene rings is 2. The fraction of sp³-hybridized carbons (Fsp3) is 0.300. The number of amides is 2. The highest BCUT2D eigenvalue weighted by molar-refractivity contribution is 6.34. The number of carbonyl (C=O) groups is 2. The highest BCUT2D eigenvalue weighted by Crippen LogP contribution is 2.47. The summed E-state index contributed by atoms with van der Waals surface area (Å²) in [6, 6.07) is 13.4. The number of hydrogen-bond donors (Lipinski definition) is 2. The van der Waals surface area contributed by atoms with Gasteiger partial charge in [0.1, 0.15) is 5.41 Å². The molecule has 2 N–H and O–H groups in total. The maximum Gasteiger partial charge on any atom is 0.240 e. The zero-order valence-electron chi connectivity index (χ0n) is 14.4. The topological polar surface area (TPSA) is 58.2 Å². The third kappa shape index (κ3) is 3.69. The van der Waals surface area contributed by atoms with E-state index in [-0.39, 0.29) is 11.8 Å². The lowest BCUT2D eigenvalue weighted by atomic mass is 10.0. The molecule has 0 aromatic heterocycles. The largest absolute Gasteiger partial charge is 0.351 e. The van der Waals surface area contributed by atoms with Gasteiger partial charge in [0.15, 0.2) is 0 Å². The molecule has 4 nitrogen and oxygen atoms in total. The Morgan fingerprint density at radius 1 is 1.08 bits per heavy atom. The van der Waals surface area contributed by atoms with Crippen molar-refractivity contribution in [2.24, 2.45) is 5.41 Å². The van der Waals surface area contributed by atoms with Crippen molar-refractivity contribution in [1.82, 2.24) is 5.32 Å². The first-order valence-corrected chi connectivity index (χ1v) is 8.70. The molecule has 2 amide bonds. The Morgan fingerprint density at radius 2 is 1.76 bits per heavy atom. The van der Waals surface area contributed by atoms with Crippen LogP contribution in [0.25, 0.3) is 0 Å². The predicted molar refractivity (Wildman–Crippen MR) is 99.5 cm³/mol. The zero-order chi connectivity index (χ0) is 18.0. The van der Waals surface area contributed by atoms with Crippen LogP contribution in [0.2, 0.25) is 5.02 Å². The van der Waals surface area contributed by atoms with E-state index in [1.807, 2.05) is 50.2 Å². The van der Waals surface area contributed by atoms with Crippen molar-refractivity contribution in [3.05, 3.63) is 64.2 Å².